The molecule has 0 bridgehead atoms. The Morgan fingerprint density at radius 3 is 2.41 bits per heavy atom. The highest BCUT2D eigenvalue weighted by molar-refractivity contribution is 5.87. The van der Waals surface area contributed by atoms with Gasteiger partial charge in [0.1, 0.15) is 0 Å². The Balaban J connectivity index is 1.25. The third kappa shape index (κ3) is 4.58. The second-order valence-corrected chi connectivity index (χ2v) is 8.76. The molecule has 0 radical (unpaired) electrons. The largest absolute Gasteiger partial charge is 0.352 e. The second kappa shape index (κ2) is 9.92. The topological polar surface area (TPSA) is 49.4 Å². The maximum absolute atomic E-state index is 13.3. The molecule has 34 heavy (non-hydrogen) atoms. The Kier molecular flexibility index (Phi) is 6.39. The number of fused-ring (bicyclic) bond motifs is 2. The highest BCUT2D eigenvalue weighted by Crippen LogP contribution is 2.35. The standard InChI is InChI=1S/C30H28N2O2/c33-28(31-21-25-14-8-13-22-9-4-6-15-26(22)25)17-18-29(34)32-20-19-23-10-5-7-16-27(23)30(32)24-11-2-1-3-12-24/h1-16,30H,17-21H2,(H,31,33). The first-order chi connectivity index (χ1) is 16.7. The molecule has 4 aromatic carbocycles. The van der Waals surface area contributed by atoms with Crippen LogP contribution in [0.5, 0.6) is 0 Å². The van der Waals surface area contributed by atoms with Crippen molar-refractivity contribution in [1.82, 2.24) is 10.2 Å². The summed E-state index contributed by atoms with van der Waals surface area (Å²) in [5, 5.41) is 5.29. The molecule has 1 heterocycles. The van der Waals surface area contributed by atoms with Gasteiger partial charge in [-0.1, -0.05) is 97.1 Å². The van der Waals surface area contributed by atoms with Crippen LogP contribution in [-0.4, -0.2) is 23.3 Å². The normalized spacial score (nSPS) is 15.1. The number of carbonyl (C=O) groups is 2. The van der Waals surface area contributed by atoms with Crippen molar-refractivity contribution >= 4 is 22.6 Å². The van der Waals surface area contributed by atoms with Crippen molar-refractivity contribution in [2.45, 2.75) is 31.8 Å². The SMILES string of the molecule is O=C(CCC(=O)N1CCc2ccccc2C1c1ccccc1)NCc1cccc2ccccc12. The summed E-state index contributed by atoms with van der Waals surface area (Å²) in [7, 11) is 0. The number of amides is 2. The summed E-state index contributed by atoms with van der Waals surface area (Å²) >= 11 is 0. The average Bonchev–Trinajstić information content (AvgIpc) is 2.90. The monoisotopic (exact) mass is 448 g/mol. The molecule has 4 nitrogen and oxygen atoms in total. The molecule has 1 aliphatic heterocycles. The predicted octanol–water partition coefficient (Wildman–Crippen LogP) is 5.41. The molecule has 170 valence electrons. The van der Waals surface area contributed by atoms with Gasteiger partial charge in [0.05, 0.1) is 6.04 Å². The van der Waals surface area contributed by atoms with Gasteiger partial charge in [0.25, 0.3) is 0 Å². The Morgan fingerprint density at radius 1 is 0.794 bits per heavy atom. The summed E-state index contributed by atoms with van der Waals surface area (Å²) in [6.07, 6.45) is 1.22. The van der Waals surface area contributed by atoms with Crippen molar-refractivity contribution in [3.8, 4) is 0 Å². The summed E-state index contributed by atoms with van der Waals surface area (Å²) in [5.74, 6) is -0.0846. The van der Waals surface area contributed by atoms with Gasteiger partial charge in [0.2, 0.25) is 11.8 Å². The van der Waals surface area contributed by atoms with Crippen molar-refractivity contribution in [1.29, 1.82) is 0 Å². The Hall–Kier alpha value is -3.92. The van der Waals surface area contributed by atoms with E-state index in [1.165, 1.54) is 11.1 Å². The van der Waals surface area contributed by atoms with E-state index in [-0.39, 0.29) is 30.7 Å². The number of rotatable bonds is 6. The molecule has 1 atom stereocenters. The highest BCUT2D eigenvalue weighted by Gasteiger charge is 2.31. The van der Waals surface area contributed by atoms with E-state index in [2.05, 4.69) is 53.8 Å². The van der Waals surface area contributed by atoms with E-state index in [9.17, 15) is 9.59 Å². The average molecular weight is 449 g/mol. The van der Waals surface area contributed by atoms with Crippen LogP contribution in [0.4, 0.5) is 0 Å². The Labute approximate surface area is 200 Å². The van der Waals surface area contributed by atoms with Crippen LogP contribution in [0.2, 0.25) is 0 Å². The van der Waals surface area contributed by atoms with Crippen LogP contribution < -0.4 is 5.32 Å². The lowest BCUT2D eigenvalue weighted by Gasteiger charge is -2.38. The smallest absolute Gasteiger partial charge is 0.223 e. The number of benzene rings is 4. The zero-order valence-electron chi connectivity index (χ0n) is 19.1. The van der Waals surface area contributed by atoms with Gasteiger partial charge in [-0.05, 0) is 39.4 Å². The minimum Gasteiger partial charge on any atom is -0.352 e. The van der Waals surface area contributed by atoms with Gasteiger partial charge >= 0.3 is 0 Å². The lowest BCUT2D eigenvalue weighted by molar-refractivity contribution is -0.135. The van der Waals surface area contributed by atoms with Gasteiger partial charge < -0.3 is 10.2 Å². The second-order valence-electron chi connectivity index (χ2n) is 8.76. The fraction of sp³-hybridized carbons (Fsp3) is 0.200. The summed E-state index contributed by atoms with van der Waals surface area (Å²) in [4.78, 5) is 27.8. The minimum atomic E-state index is -0.114. The molecule has 0 saturated carbocycles. The van der Waals surface area contributed by atoms with Gasteiger partial charge in [-0.2, -0.15) is 0 Å². The van der Waals surface area contributed by atoms with Crippen molar-refractivity contribution in [2.24, 2.45) is 0 Å². The van der Waals surface area contributed by atoms with Crippen molar-refractivity contribution in [2.75, 3.05) is 6.54 Å². The predicted molar refractivity (Wildman–Crippen MR) is 135 cm³/mol. The number of hydrogen-bond donors (Lipinski definition) is 1. The summed E-state index contributed by atoms with van der Waals surface area (Å²) in [6, 6.07) is 32.6. The molecule has 0 spiro atoms. The molecule has 4 heteroatoms. The minimum absolute atomic E-state index is 0.0173. The molecule has 1 unspecified atom stereocenters. The number of hydrogen-bond acceptors (Lipinski definition) is 2. The molecule has 4 aromatic rings. The number of nitrogens with one attached hydrogen (secondary N) is 1. The first kappa shape index (κ1) is 21.9. The van der Waals surface area contributed by atoms with Crippen molar-refractivity contribution in [3.63, 3.8) is 0 Å². The molecule has 2 amide bonds. The van der Waals surface area contributed by atoms with E-state index < -0.39 is 0 Å². The van der Waals surface area contributed by atoms with E-state index in [1.54, 1.807) is 0 Å². The third-order valence-electron chi connectivity index (χ3n) is 6.64. The molecular formula is C30H28N2O2. The van der Waals surface area contributed by atoms with Crippen LogP contribution in [0.25, 0.3) is 10.8 Å². The lowest BCUT2D eigenvalue weighted by Crippen LogP contribution is -2.41. The number of nitrogens with zero attached hydrogens (tertiary/aromatic N) is 1. The van der Waals surface area contributed by atoms with Gasteiger partial charge in [-0.3, -0.25) is 9.59 Å². The third-order valence-corrected chi connectivity index (χ3v) is 6.64. The van der Waals surface area contributed by atoms with Gasteiger partial charge in [-0.25, -0.2) is 0 Å². The molecule has 0 aromatic heterocycles. The van der Waals surface area contributed by atoms with Crippen LogP contribution in [0.15, 0.2) is 97.1 Å². The molecule has 0 aliphatic carbocycles. The first-order valence-corrected chi connectivity index (χ1v) is 11.9. The zero-order valence-corrected chi connectivity index (χ0v) is 19.1. The van der Waals surface area contributed by atoms with E-state index in [1.807, 2.05) is 53.4 Å². The van der Waals surface area contributed by atoms with E-state index >= 15 is 0 Å². The van der Waals surface area contributed by atoms with E-state index in [4.69, 9.17) is 0 Å². The highest BCUT2D eigenvalue weighted by atomic mass is 16.2. The molecule has 1 N–H and O–H groups in total. The van der Waals surface area contributed by atoms with Crippen LogP contribution in [-0.2, 0) is 22.6 Å². The van der Waals surface area contributed by atoms with Gasteiger partial charge in [-0.15, -0.1) is 0 Å². The quantitative estimate of drug-likeness (QED) is 0.429. The zero-order chi connectivity index (χ0) is 23.3. The van der Waals surface area contributed by atoms with Crippen LogP contribution in [0.3, 0.4) is 0 Å². The molecular weight excluding hydrogens is 420 g/mol. The lowest BCUT2D eigenvalue weighted by atomic mass is 9.88. The Morgan fingerprint density at radius 2 is 1.53 bits per heavy atom. The number of carbonyl (C=O) groups excluding carboxylic acids is 2. The molecule has 0 saturated heterocycles. The van der Waals surface area contributed by atoms with Crippen molar-refractivity contribution < 1.29 is 9.59 Å². The van der Waals surface area contributed by atoms with Crippen LogP contribution in [0.1, 0.15) is 41.1 Å². The summed E-state index contributed by atoms with van der Waals surface area (Å²) in [6.45, 7) is 1.12. The fourth-order valence-corrected chi connectivity index (χ4v) is 4.92. The maximum atomic E-state index is 13.3. The fourth-order valence-electron chi connectivity index (χ4n) is 4.92. The van der Waals surface area contributed by atoms with Crippen LogP contribution in [0, 0.1) is 0 Å². The molecule has 0 fully saturated rings. The first-order valence-electron chi connectivity index (χ1n) is 11.9. The summed E-state index contributed by atoms with van der Waals surface area (Å²) in [5.41, 5.74) is 4.64. The van der Waals surface area contributed by atoms with E-state index in [0.717, 1.165) is 28.3 Å². The van der Waals surface area contributed by atoms with E-state index in [0.29, 0.717) is 13.1 Å². The van der Waals surface area contributed by atoms with Crippen LogP contribution >= 0.6 is 0 Å². The Bertz CT molecular complexity index is 1310. The van der Waals surface area contributed by atoms with Gasteiger partial charge in [0, 0.05) is 25.9 Å². The van der Waals surface area contributed by atoms with Crippen molar-refractivity contribution in [3.05, 3.63) is 119 Å². The molecule has 1 aliphatic rings. The maximum Gasteiger partial charge on any atom is 0.223 e. The van der Waals surface area contributed by atoms with Gasteiger partial charge in [0.15, 0.2) is 0 Å². The summed E-state index contributed by atoms with van der Waals surface area (Å²) < 4.78 is 0. The molecule has 5 rings (SSSR count).